The Labute approximate surface area is 163 Å². The summed E-state index contributed by atoms with van der Waals surface area (Å²) in [5, 5.41) is 0. The molecule has 1 aliphatic rings. The average molecular weight is 387 g/mol. The van der Waals surface area contributed by atoms with Gasteiger partial charge in [-0.3, -0.25) is 18.3 Å². The summed E-state index contributed by atoms with van der Waals surface area (Å²) in [5.74, 6) is 0.707. The largest absolute Gasteiger partial charge is 0.376 e. The molecule has 0 aromatic carbocycles. The summed E-state index contributed by atoms with van der Waals surface area (Å²) >= 11 is 0. The van der Waals surface area contributed by atoms with E-state index >= 15 is 0 Å². The number of unbranched alkanes of at least 4 members (excludes halogenated alkanes) is 2. The molecule has 8 nitrogen and oxygen atoms in total. The second kappa shape index (κ2) is 7.24. The second-order valence-electron chi connectivity index (χ2n) is 7.84. The number of fused-ring (bicyclic) bond motifs is 3. The van der Waals surface area contributed by atoms with Crippen LogP contribution in [0.25, 0.3) is 16.9 Å². The van der Waals surface area contributed by atoms with Crippen LogP contribution in [0.2, 0.25) is 0 Å². The molecule has 0 saturated carbocycles. The Balaban J connectivity index is 1.94. The Morgan fingerprint density at radius 2 is 1.93 bits per heavy atom. The smallest absolute Gasteiger partial charge is 0.332 e. The number of imidazole rings is 2. The first kappa shape index (κ1) is 19.0. The molecule has 0 radical (unpaired) electrons. The summed E-state index contributed by atoms with van der Waals surface area (Å²) in [4.78, 5) is 30.7. The van der Waals surface area contributed by atoms with Gasteiger partial charge in [-0.25, -0.2) is 4.79 Å². The normalized spacial score (nSPS) is 17.4. The highest BCUT2D eigenvalue weighted by molar-refractivity contribution is 5.76. The van der Waals surface area contributed by atoms with E-state index in [4.69, 9.17) is 9.72 Å². The Morgan fingerprint density at radius 1 is 1.14 bits per heavy atom. The van der Waals surface area contributed by atoms with Crippen LogP contribution in [0.5, 0.6) is 0 Å². The van der Waals surface area contributed by atoms with Crippen LogP contribution in [0.15, 0.2) is 9.59 Å². The fourth-order valence-corrected chi connectivity index (χ4v) is 4.24. The highest BCUT2D eigenvalue weighted by Gasteiger charge is 2.25. The summed E-state index contributed by atoms with van der Waals surface area (Å²) in [5.41, 5.74) is 2.44. The van der Waals surface area contributed by atoms with E-state index in [1.807, 2.05) is 18.2 Å². The van der Waals surface area contributed by atoms with Gasteiger partial charge in [-0.15, -0.1) is 0 Å². The maximum atomic E-state index is 13.2. The molecule has 0 unspecified atom stereocenters. The molecule has 1 saturated heterocycles. The lowest BCUT2D eigenvalue weighted by Crippen LogP contribution is -2.39. The first-order valence-corrected chi connectivity index (χ1v) is 10.2. The van der Waals surface area contributed by atoms with Gasteiger partial charge in [0.1, 0.15) is 0 Å². The third-order valence-electron chi connectivity index (χ3n) is 6.03. The molecular weight excluding hydrogens is 358 g/mol. The Kier molecular flexibility index (Phi) is 4.91. The van der Waals surface area contributed by atoms with Crippen molar-refractivity contribution in [1.82, 2.24) is 23.1 Å². The second-order valence-corrected chi connectivity index (χ2v) is 7.84. The van der Waals surface area contributed by atoms with Crippen molar-refractivity contribution in [3.05, 3.63) is 32.2 Å². The number of rotatable bonds is 6. The van der Waals surface area contributed by atoms with Gasteiger partial charge in [0, 0.05) is 31.6 Å². The van der Waals surface area contributed by atoms with E-state index in [1.54, 1.807) is 7.05 Å². The number of hydrogen-bond acceptors (Lipinski definition) is 4. The van der Waals surface area contributed by atoms with Crippen LogP contribution in [0.1, 0.15) is 50.4 Å². The summed E-state index contributed by atoms with van der Waals surface area (Å²) < 4.78 is 12.7. The van der Waals surface area contributed by atoms with Crippen LogP contribution < -0.4 is 11.2 Å². The average Bonchev–Trinajstić information content (AvgIpc) is 3.37. The van der Waals surface area contributed by atoms with Gasteiger partial charge in [0.2, 0.25) is 5.78 Å². The van der Waals surface area contributed by atoms with E-state index in [1.165, 1.54) is 9.13 Å². The predicted molar refractivity (Wildman–Crippen MR) is 108 cm³/mol. The Bertz CT molecular complexity index is 1140. The van der Waals surface area contributed by atoms with Crippen LogP contribution >= 0.6 is 0 Å². The lowest BCUT2D eigenvalue weighted by Gasteiger charge is -2.12. The van der Waals surface area contributed by atoms with Crippen LogP contribution in [-0.4, -0.2) is 35.8 Å². The van der Waals surface area contributed by atoms with Crippen molar-refractivity contribution in [2.24, 2.45) is 7.05 Å². The molecule has 4 heterocycles. The maximum absolute atomic E-state index is 13.2. The minimum atomic E-state index is -0.297. The molecule has 28 heavy (non-hydrogen) atoms. The van der Waals surface area contributed by atoms with Gasteiger partial charge >= 0.3 is 5.69 Å². The molecular formula is C20H29N5O3. The van der Waals surface area contributed by atoms with Crippen molar-refractivity contribution in [3.63, 3.8) is 0 Å². The van der Waals surface area contributed by atoms with E-state index in [9.17, 15) is 9.59 Å². The molecule has 4 rings (SSSR count). The van der Waals surface area contributed by atoms with Crippen LogP contribution in [0.4, 0.5) is 0 Å². The zero-order valence-corrected chi connectivity index (χ0v) is 17.2. The number of aryl methyl sites for hydroxylation is 2. The number of nitrogens with zero attached hydrogens (tertiary/aromatic N) is 5. The van der Waals surface area contributed by atoms with Crippen molar-refractivity contribution in [3.8, 4) is 0 Å². The van der Waals surface area contributed by atoms with Crippen molar-refractivity contribution >= 4 is 16.9 Å². The first-order valence-electron chi connectivity index (χ1n) is 10.2. The topological polar surface area (TPSA) is 75.5 Å². The summed E-state index contributed by atoms with van der Waals surface area (Å²) in [6.07, 6.45) is 5.13. The molecule has 1 atom stereocenters. The summed E-state index contributed by atoms with van der Waals surface area (Å²) in [7, 11) is 1.69. The third-order valence-corrected chi connectivity index (χ3v) is 6.03. The summed E-state index contributed by atoms with van der Waals surface area (Å²) in [6, 6.07) is 0. The Hall–Kier alpha value is -2.35. The molecule has 0 aliphatic carbocycles. The fourth-order valence-electron chi connectivity index (χ4n) is 4.24. The highest BCUT2D eigenvalue weighted by atomic mass is 16.5. The molecule has 0 amide bonds. The van der Waals surface area contributed by atoms with E-state index in [-0.39, 0.29) is 17.4 Å². The first-order chi connectivity index (χ1) is 13.5. The van der Waals surface area contributed by atoms with Crippen LogP contribution in [-0.2, 0) is 24.9 Å². The minimum absolute atomic E-state index is 0.170. The van der Waals surface area contributed by atoms with Crippen molar-refractivity contribution in [1.29, 1.82) is 0 Å². The quantitative estimate of drug-likeness (QED) is 0.607. The van der Waals surface area contributed by atoms with Gasteiger partial charge in [0.25, 0.3) is 5.56 Å². The fraction of sp³-hybridized carbons (Fsp3) is 0.650. The molecule has 0 N–H and O–H groups in total. The molecule has 0 bridgehead atoms. The van der Waals surface area contributed by atoms with Gasteiger partial charge in [-0.05, 0) is 33.1 Å². The lowest BCUT2D eigenvalue weighted by molar-refractivity contribution is 0.0974. The van der Waals surface area contributed by atoms with Gasteiger partial charge < -0.3 is 9.30 Å². The monoisotopic (exact) mass is 387 g/mol. The molecule has 0 spiro atoms. The van der Waals surface area contributed by atoms with E-state index in [2.05, 4.69) is 11.5 Å². The third kappa shape index (κ3) is 2.82. The molecule has 3 aromatic rings. The highest BCUT2D eigenvalue weighted by Crippen LogP contribution is 2.23. The molecule has 3 aromatic heterocycles. The van der Waals surface area contributed by atoms with Gasteiger partial charge in [0.05, 0.1) is 12.6 Å². The molecule has 152 valence electrons. The standard InChI is InChI=1S/C20H29N5O3/c1-5-6-7-10-23-18(26)16-17(22(4)20(23)27)21-19-24(12-15-9-8-11-28-15)13(2)14(3)25(16)19/h15H,5-12H2,1-4H3/t15-/m0/s1. The molecule has 1 fully saturated rings. The maximum Gasteiger partial charge on any atom is 0.332 e. The van der Waals surface area contributed by atoms with Gasteiger partial charge in [-0.2, -0.15) is 4.98 Å². The van der Waals surface area contributed by atoms with Crippen LogP contribution in [0, 0.1) is 13.8 Å². The lowest BCUT2D eigenvalue weighted by atomic mass is 10.2. The number of aromatic nitrogens is 5. The zero-order chi connectivity index (χ0) is 20.0. The van der Waals surface area contributed by atoms with Gasteiger partial charge in [0.15, 0.2) is 11.2 Å². The molecule has 8 heteroatoms. The predicted octanol–water partition coefficient (Wildman–Crippen LogP) is 2.14. The zero-order valence-electron chi connectivity index (χ0n) is 17.2. The summed E-state index contributed by atoms with van der Waals surface area (Å²) in [6.45, 7) is 8.11. The number of hydrogen-bond donors (Lipinski definition) is 0. The van der Waals surface area contributed by atoms with Gasteiger partial charge in [-0.1, -0.05) is 19.8 Å². The van der Waals surface area contributed by atoms with Crippen molar-refractivity contribution < 1.29 is 4.74 Å². The van der Waals surface area contributed by atoms with Crippen molar-refractivity contribution in [2.75, 3.05) is 6.61 Å². The van der Waals surface area contributed by atoms with E-state index in [0.29, 0.717) is 30.0 Å². The van der Waals surface area contributed by atoms with E-state index in [0.717, 1.165) is 50.1 Å². The minimum Gasteiger partial charge on any atom is -0.376 e. The SMILES string of the molecule is CCCCCn1c(=O)c2c(nc3n(C[C@@H]4CCCO4)c(C)c(C)n23)n(C)c1=O. The number of ether oxygens (including phenoxy) is 1. The van der Waals surface area contributed by atoms with Crippen LogP contribution in [0.3, 0.4) is 0 Å². The van der Waals surface area contributed by atoms with E-state index < -0.39 is 0 Å². The Morgan fingerprint density at radius 3 is 2.61 bits per heavy atom. The van der Waals surface area contributed by atoms with Crippen molar-refractivity contribution in [2.45, 2.75) is 72.1 Å². The molecule has 1 aliphatic heterocycles.